The van der Waals surface area contributed by atoms with Gasteiger partial charge in [-0.05, 0) is 57.9 Å². The van der Waals surface area contributed by atoms with E-state index in [9.17, 15) is 4.39 Å². The SMILES string of the molecule is CC(C)CNC(C)c1nnnn1-c1cc(F)ccc1Br. The van der Waals surface area contributed by atoms with Crippen LogP contribution in [0.1, 0.15) is 32.6 Å². The molecule has 0 aliphatic carbocycles. The zero-order valence-electron chi connectivity index (χ0n) is 11.6. The lowest BCUT2D eigenvalue weighted by Gasteiger charge is -2.15. The molecule has 0 radical (unpaired) electrons. The van der Waals surface area contributed by atoms with Crippen molar-refractivity contribution in [1.82, 2.24) is 25.5 Å². The molecule has 2 rings (SSSR count). The maximum atomic E-state index is 13.4. The summed E-state index contributed by atoms with van der Waals surface area (Å²) in [7, 11) is 0. The fourth-order valence-corrected chi connectivity index (χ4v) is 2.20. The molecule has 0 aliphatic heterocycles. The third kappa shape index (κ3) is 3.40. The Kier molecular flexibility index (Phi) is 4.82. The van der Waals surface area contributed by atoms with Crippen LogP contribution in [-0.2, 0) is 0 Å². The molecule has 0 bridgehead atoms. The number of rotatable bonds is 5. The molecule has 0 saturated heterocycles. The van der Waals surface area contributed by atoms with Crippen molar-refractivity contribution >= 4 is 15.9 Å². The van der Waals surface area contributed by atoms with Crippen LogP contribution >= 0.6 is 15.9 Å². The molecule has 108 valence electrons. The molecule has 1 heterocycles. The number of hydrogen-bond donors (Lipinski definition) is 1. The zero-order chi connectivity index (χ0) is 14.7. The number of nitrogens with zero attached hydrogens (tertiary/aromatic N) is 4. The highest BCUT2D eigenvalue weighted by Gasteiger charge is 2.17. The van der Waals surface area contributed by atoms with Crippen LogP contribution in [0.25, 0.3) is 5.69 Å². The highest BCUT2D eigenvalue weighted by molar-refractivity contribution is 9.10. The van der Waals surface area contributed by atoms with Gasteiger partial charge >= 0.3 is 0 Å². The van der Waals surface area contributed by atoms with E-state index >= 15 is 0 Å². The van der Waals surface area contributed by atoms with E-state index in [2.05, 4.69) is 50.6 Å². The molecule has 1 unspecified atom stereocenters. The minimum Gasteiger partial charge on any atom is -0.307 e. The predicted octanol–water partition coefficient (Wildman–Crippen LogP) is 2.87. The van der Waals surface area contributed by atoms with Gasteiger partial charge in [0, 0.05) is 10.5 Å². The first-order valence-electron chi connectivity index (χ1n) is 6.46. The molecule has 7 heteroatoms. The summed E-state index contributed by atoms with van der Waals surface area (Å²) in [4.78, 5) is 0. The van der Waals surface area contributed by atoms with Crippen LogP contribution < -0.4 is 5.32 Å². The van der Waals surface area contributed by atoms with Gasteiger partial charge in [-0.3, -0.25) is 0 Å². The summed E-state index contributed by atoms with van der Waals surface area (Å²) in [5.41, 5.74) is 0.586. The standard InChI is InChI=1S/C13H17BrFN5/c1-8(2)7-16-9(3)13-17-18-19-20(13)12-6-10(15)4-5-11(12)14/h4-6,8-9,16H,7H2,1-3H3. The van der Waals surface area contributed by atoms with Gasteiger partial charge in [-0.25, -0.2) is 4.39 Å². The first kappa shape index (κ1) is 15.1. The second kappa shape index (κ2) is 6.41. The molecule has 0 saturated carbocycles. The van der Waals surface area contributed by atoms with Gasteiger partial charge in [0.1, 0.15) is 5.82 Å². The van der Waals surface area contributed by atoms with Crippen molar-refractivity contribution in [1.29, 1.82) is 0 Å². The molecule has 0 spiro atoms. The maximum Gasteiger partial charge on any atom is 0.173 e. The van der Waals surface area contributed by atoms with Crippen LogP contribution in [0.2, 0.25) is 0 Å². The van der Waals surface area contributed by atoms with Gasteiger partial charge in [0.25, 0.3) is 0 Å². The molecule has 2 aromatic rings. The van der Waals surface area contributed by atoms with Crippen LogP contribution in [0.15, 0.2) is 22.7 Å². The normalized spacial score (nSPS) is 12.9. The van der Waals surface area contributed by atoms with Crippen molar-refractivity contribution < 1.29 is 4.39 Å². The summed E-state index contributed by atoms with van der Waals surface area (Å²) >= 11 is 3.39. The first-order chi connectivity index (χ1) is 9.49. The summed E-state index contributed by atoms with van der Waals surface area (Å²) in [6, 6.07) is 4.40. The van der Waals surface area contributed by atoms with Gasteiger partial charge in [0.2, 0.25) is 0 Å². The van der Waals surface area contributed by atoms with Crippen molar-refractivity contribution in [3.8, 4) is 5.69 Å². The van der Waals surface area contributed by atoms with E-state index in [0.29, 0.717) is 17.4 Å². The van der Waals surface area contributed by atoms with Crippen molar-refractivity contribution in [3.05, 3.63) is 34.3 Å². The van der Waals surface area contributed by atoms with Gasteiger partial charge in [-0.1, -0.05) is 13.8 Å². The average Bonchev–Trinajstić information content (AvgIpc) is 2.88. The Bertz CT molecular complexity index is 584. The third-order valence-corrected chi connectivity index (χ3v) is 3.52. The minimum atomic E-state index is -0.326. The van der Waals surface area contributed by atoms with E-state index in [-0.39, 0.29) is 11.9 Å². The summed E-state index contributed by atoms with van der Waals surface area (Å²) < 4.78 is 15.7. The Hall–Kier alpha value is -1.34. The summed E-state index contributed by atoms with van der Waals surface area (Å²) in [6.45, 7) is 7.10. The van der Waals surface area contributed by atoms with E-state index in [0.717, 1.165) is 11.0 Å². The highest BCUT2D eigenvalue weighted by atomic mass is 79.9. The molecule has 0 fully saturated rings. The number of tetrazole rings is 1. The molecular weight excluding hydrogens is 325 g/mol. The van der Waals surface area contributed by atoms with Crippen molar-refractivity contribution in [2.75, 3.05) is 6.54 Å². The number of aromatic nitrogens is 4. The molecule has 1 N–H and O–H groups in total. The Morgan fingerprint density at radius 1 is 1.35 bits per heavy atom. The number of nitrogens with one attached hydrogen (secondary N) is 1. The lowest BCUT2D eigenvalue weighted by atomic mass is 10.2. The minimum absolute atomic E-state index is 0.0254. The van der Waals surface area contributed by atoms with Crippen molar-refractivity contribution in [2.24, 2.45) is 5.92 Å². The van der Waals surface area contributed by atoms with E-state index in [4.69, 9.17) is 0 Å². The first-order valence-corrected chi connectivity index (χ1v) is 7.25. The fraction of sp³-hybridized carbons (Fsp3) is 0.462. The number of benzene rings is 1. The Labute approximate surface area is 125 Å². The van der Waals surface area contributed by atoms with E-state index < -0.39 is 0 Å². The second-order valence-electron chi connectivity index (χ2n) is 5.07. The fourth-order valence-electron chi connectivity index (χ4n) is 1.79. The van der Waals surface area contributed by atoms with Crippen LogP contribution in [0.4, 0.5) is 4.39 Å². The van der Waals surface area contributed by atoms with E-state index in [1.807, 2.05) is 6.92 Å². The van der Waals surface area contributed by atoms with Crippen LogP contribution in [0, 0.1) is 11.7 Å². The highest BCUT2D eigenvalue weighted by Crippen LogP contribution is 2.23. The van der Waals surface area contributed by atoms with E-state index in [1.54, 1.807) is 10.7 Å². The summed E-state index contributed by atoms with van der Waals surface area (Å²) in [5.74, 6) is 0.854. The third-order valence-electron chi connectivity index (χ3n) is 2.85. The topological polar surface area (TPSA) is 55.6 Å². The van der Waals surface area contributed by atoms with Crippen molar-refractivity contribution in [2.45, 2.75) is 26.8 Å². The molecule has 5 nitrogen and oxygen atoms in total. The van der Waals surface area contributed by atoms with Crippen LogP contribution in [0.5, 0.6) is 0 Å². The lowest BCUT2D eigenvalue weighted by Crippen LogP contribution is -2.25. The second-order valence-corrected chi connectivity index (χ2v) is 5.92. The lowest BCUT2D eigenvalue weighted by molar-refractivity contribution is 0.474. The molecule has 1 atom stereocenters. The molecular formula is C13H17BrFN5. The zero-order valence-corrected chi connectivity index (χ0v) is 13.2. The van der Waals surface area contributed by atoms with Crippen LogP contribution in [0.3, 0.4) is 0 Å². The number of halogens is 2. The molecule has 0 aliphatic rings. The Morgan fingerprint density at radius 2 is 2.10 bits per heavy atom. The smallest absolute Gasteiger partial charge is 0.173 e. The maximum absolute atomic E-state index is 13.4. The Morgan fingerprint density at radius 3 is 2.80 bits per heavy atom. The molecule has 1 aromatic carbocycles. The summed E-state index contributed by atoms with van der Waals surface area (Å²) in [5, 5.41) is 15.0. The van der Waals surface area contributed by atoms with Gasteiger partial charge in [0.05, 0.1) is 11.7 Å². The van der Waals surface area contributed by atoms with E-state index in [1.165, 1.54) is 12.1 Å². The average molecular weight is 342 g/mol. The molecule has 20 heavy (non-hydrogen) atoms. The summed E-state index contributed by atoms with van der Waals surface area (Å²) in [6.07, 6.45) is 0. The largest absolute Gasteiger partial charge is 0.307 e. The van der Waals surface area contributed by atoms with Gasteiger partial charge in [-0.15, -0.1) is 5.10 Å². The van der Waals surface area contributed by atoms with Gasteiger partial charge in [0.15, 0.2) is 5.82 Å². The predicted molar refractivity (Wildman–Crippen MR) is 78.1 cm³/mol. The van der Waals surface area contributed by atoms with Gasteiger partial charge in [-0.2, -0.15) is 4.68 Å². The quantitative estimate of drug-likeness (QED) is 0.908. The Balaban J connectivity index is 2.30. The van der Waals surface area contributed by atoms with Gasteiger partial charge < -0.3 is 5.32 Å². The monoisotopic (exact) mass is 341 g/mol. The van der Waals surface area contributed by atoms with Crippen molar-refractivity contribution in [3.63, 3.8) is 0 Å². The number of hydrogen-bond acceptors (Lipinski definition) is 4. The molecule has 0 amide bonds. The molecule has 1 aromatic heterocycles. The van der Waals surface area contributed by atoms with Crippen LogP contribution in [-0.4, -0.2) is 26.8 Å².